The molecule has 0 aliphatic rings. The van der Waals surface area contributed by atoms with Crippen molar-refractivity contribution in [1.29, 1.82) is 0 Å². The Morgan fingerprint density at radius 2 is 1.71 bits per heavy atom. The summed E-state index contributed by atoms with van der Waals surface area (Å²) in [6.45, 7) is 8.75. The molecule has 1 heterocycles. The second-order valence-electron chi connectivity index (χ2n) is 6.53. The molecule has 0 saturated carbocycles. The molecule has 1 aromatic heterocycles. The smallest absolute Gasteiger partial charge is 0.0923 e. The number of rotatable bonds is 1. The summed E-state index contributed by atoms with van der Waals surface area (Å²) in [5.74, 6) is 0. The third-order valence-corrected chi connectivity index (χ3v) is 3.80. The van der Waals surface area contributed by atoms with E-state index in [4.69, 9.17) is 4.98 Å². The first-order valence-electron chi connectivity index (χ1n) is 7.28. The molecule has 0 atom stereocenters. The lowest BCUT2D eigenvalue weighted by molar-refractivity contribution is 0.590. The predicted octanol–water partition coefficient (Wildman–Crippen LogP) is 4.90. The topological polar surface area (TPSA) is 25.8 Å². The van der Waals surface area contributed by atoms with Crippen molar-refractivity contribution < 1.29 is 0 Å². The zero-order valence-electron chi connectivity index (χ0n) is 13.0. The maximum absolute atomic E-state index is 4.81. The number of fused-ring (bicyclic) bond motifs is 1. The minimum Gasteiger partial charge on any atom is -0.252 e. The van der Waals surface area contributed by atoms with Crippen molar-refractivity contribution in [1.82, 2.24) is 9.97 Å². The van der Waals surface area contributed by atoms with Gasteiger partial charge in [0.1, 0.15) is 0 Å². The van der Waals surface area contributed by atoms with Gasteiger partial charge in [-0.1, -0.05) is 51.1 Å². The SMILES string of the molecule is Cc1cccc2ncc(-c3cccc(C(C)(C)C)c3)nc12. The van der Waals surface area contributed by atoms with E-state index < -0.39 is 0 Å². The molecular formula is C19H20N2. The van der Waals surface area contributed by atoms with E-state index in [0.29, 0.717) is 0 Å². The third-order valence-electron chi connectivity index (χ3n) is 3.80. The normalized spacial score (nSPS) is 11.8. The molecule has 0 aliphatic carbocycles. The zero-order chi connectivity index (χ0) is 15.0. The van der Waals surface area contributed by atoms with Crippen LogP contribution in [0.3, 0.4) is 0 Å². The highest BCUT2D eigenvalue weighted by molar-refractivity contribution is 5.80. The minimum atomic E-state index is 0.135. The molecular weight excluding hydrogens is 256 g/mol. The summed E-state index contributed by atoms with van der Waals surface area (Å²) in [6.07, 6.45) is 1.86. The molecule has 0 spiro atoms. The van der Waals surface area contributed by atoms with Gasteiger partial charge in [-0.25, -0.2) is 4.98 Å². The average Bonchev–Trinajstić information content (AvgIpc) is 2.47. The van der Waals surface area contributed by atoms with Crippen molar-refractivity contribution in [3.8, 4) is 11.3 Å². The Balaban J connectivity index is 2.15. The van der Waals surface area contributed by atoms with Gasteiger partial charge >= 0.3 is 0 Å². The Morgan fingerprint density at radius 1 is 0.952 bits per heavy atom. The molecule has 2 nitrogen and oxygen atoms in total. The van der Waals surface area contributed by atoms with Crippen LogP contribution >= 0.6 is 0 Å². The maximum atomic E-state index is 4.81. The van der Waals surface area contributed by atoms with Crippen LogP contribution in [0.5, 0.6) is 0 Å². The van der Waals surface area contributed by atoms with E-state index in [2.05, 4.69) is 63.0 Å². The highest BCUT2D eigenvalue weighted by atomic mass is 14.8. The lowest BCUT2D eigenvalue weighted by atomic mass is 9.86. The molecule has 0 radical (unpaired) electrons. The van der Waals surface area contributed by atoms with Crippen LogP contribution in [-0.4, -0.2) is 9.97 Å². The highest BCUT2D eigenvalue weighted by Crippen LogP contribution is 2.27. The first-order valence-corrected chi connectivity index (χ1v) is 7.28. The quantitative estimate of drug-likeness (QED) is 0.631. The van der Waals surface area contributed by atoms with Crippen molar-refractivity contribution in [2.24, 2.45) is 0 Å². The van der Waals surface area contributed by atoms with Crippen LogP contribution in [0, 0.1) is 6.92 Å². The largest absolute Gasteiger partial charge is 0.252 e. The molecule has 0 fully saturated rings. The third kappa shape index (κ3) is 2.66. The van der Waals surface area contributed by atoms with E-state index in [9.17, 15) is 0 Å². The maximum Gasteiger partial charge on any atom is 0.0923 e. The first-order chi connectivity index (χ1) is 9.95. The summed E-state index contributed by atoms with van der Waals surface area (Å²) in [5, 5.41) is 0. The molecule has 0 unspecified atom stereocenters. The summed E-state index contributed by atoms with van der Waals surface area (Å²) in [7, 11) is 0. The summed E-state index contributed by atoms with van der Waals surface area (Å²) in [4.78, 5) is 9.35. The van der Waals surface area contributed by atoms with Crippen LogP contribution in [-0.2, 0) is 5.41 Å². The Kier molecular flexibility index (Phi) is 3.25. The van der Waals surface area contributed by atoms with Gasteiger partial charge < -0.3 is 0 Å². The molecule has 0 N–H and O–H groups in total. The molecule has 21 heavy (non-hydrogen) atoms. The van der Waals surface area contributed by atoms with Crippen LogP contribution < -0.4 is 0 Å². The van der Waals surface area contributed by atoms with Crippen LogP contribution in [0.2, 0.25) is 0 Å². The van der Waals surface area contributed by atoms with Gasteiger partial charge in [0.2, 0.25) is 0 Å². The van der Waals surface area contributed by atoms with Crippen molar-refractivity contribution >= 4 is 11.0 Å². The molecule has 3 rings (SSSR count). The van der Waals surface area contributed by atoms with Gasteiger partial charge in [0.15, 0.2) is 0 Å². The molecule has 106 valence electrons. The van der Waals surface area contributed by atoms with Crippen LogP contribution in [0.1, 0.15) is 31.9 Å². The van der Waals surface area contributed by atoms with Gasteiger partial charge in [0, 0.05) is 5.56 Å². The molecule has 0 saturated heterocycles. The minimum absolute atomic E-state index is 0.135. The van der Waals surface area contributed by atoms with Crippen molar-refractivity contribution in [3.63, 3.8) is 0 Å². The molecule has 0 amide bonds. The van der Waals surface area contributed by atoms with Crippen LogP contribution in [0.25, 0.3) is 22.3 Å². The molecule has 3 aromatic rings. The lowest BCUT2D eigenvalue weighted by Gasteiger charge is -2.19. The van der Waals surface area contributed by atoms with E-state index >= 15 is 0 Å². The van der Waals surface area contributed by atoms with Gasteiger partial charge in [-0.15, -0.1) is 0 Å². The number of nitrogens with zero attached hydrogens (tertiary/aromatic N) is 2. The van der Waals surface area contributed by atoms with Crippen molar-refractivity contribution in [2.45, 2.75) is 33.1 Å². The van der Waals surface area contributed by atoms with Gasteiger partial charge in [0.05, 0.1) is 22.9 Å². The number of aryl methyl sites for hydroxylation is 1. The zero-order valence-corrected chi connectivity index (χ0v) is 13.0. The Hall–Kier alpha value is -2.22. The summed E-state index contributed by atoms with van der Waals surface area (Å²) in [5.41, 5.74) is 6.60. The van der Waals surface area contributed by atoms with E-state index in [1.165, 1.54) is 5.56 Å². The van der Waals surface area contributed by atoms with Crippen molar-refractivity contribution in [3.05, 3.63) is 59.8 Å². The Labute approximate surface area is 125 Å². The number of hydrogen-bond donors (Lipinski definition) is 0. The van der Waals surface area contributed by atoms with E-state index in [1.807, 2.05) is 18.3 Å². The van der Waals surface area contributed by atoms with E-state index in [1.54, 1.807) is 0 Å². The van der Waals surface area contributed by atoms with Crippen LogP contribution in [0.4, 0.5) is 0 Å². The predicted molar refractivity (Wildman–Crippen MR) is 88.4 cm³/mol. The standard InChI is InChI=1S/C19H20N2/c1-13-7-5-10-16-18(13)21-17(12-20-16)14-8-6-9-15(11-14)19(2,3)4/h5-12H,1-4H3. The second kappa shape index (κ2) is 4.96. The van der Waals surface area contributed by atoms with Gasteiger partial charge in [0.25, 0.3) is 0 Å². The number of aromatic nitrogens is 2. The fourth-order valence-corrected chi connectivity index (χ4v) is 2.46. The first kappa shape index (κ1) is 13.7. The summed E-state index contributed by atoms with van der Waals surface area (Å²) < 4.78 is 0. The monoisotopic (exact) mass is 276 g/mol. The fourth-order valence-electron chi connectivity index (χ4n) is 2.46. The number of hydrogen-bond acceptors (Lipinski definition) is 2. The highest BCUT2D eigenvalue weighted by Gasteiger charge is 2.14. The lowest BCUT2D eigenvalue weighted by Crippen LogP contribution is -2.10. The Morgan fingerprint density at radius 3 is 2.48 bits per heavy atom. The van der Waals surface area contributed by atoms with E-state index in [0.717, 1.165) is 27.9 Å². The summed E-state index contributed by atoms with van der Waals surface area (Å²) >= 11 is 0. The number of para-hydroxylation sites is 1. The van der Waals surface area contributed by atoms with E-state index in [-0.39, 0.29) is 5.41 Å². The molecule has 2 aromatic carbocycles. The molecule has 0 bridgehead atoms. The van der Waals surface area contributed by atoms with Gasteiger partial charge in [-0.2, -0.15) is 0 Å². The fraction of sp³-hybridized carbons (Fsp3) is 0.263. The van der Waals surface area contributed by atoms with Gasteiger partial charge in [-0.3, -0.25) is 4.98 Å². The van der Waals surface area contributed by atoms with Crippen molar-refractivity contribution in [2.75, 3.05) is 0 Å². The molecule has 0 aliphatic heterocycles. The van der Waals surface area contributed by atoms with Crippen LogP contribution in [0.15, 0.2) is 48.7 Å². The molecule has 2 heteroatoms. The second-order valence-corrected chi connectivity index (χ2v) is 6.53. The average molecular weight is 276 g/mol. The number of benzene rings is 2. The Bertz CT molecular complexity index is 798. The van der Waals surface area contributed by atoms with Gasteiger partial charge in [-0.05, 0) is 35.6 Å². The summed E-state index contributed by atoms with van der Waals surface area (Å²) in [6, 6.07) is 14.7.